The number of halogens is 2. The average Bonchev–Trinajstić information content (AvgIpc) is 2.34. The Morgan fingerprint density at radius 2 is 1.82 bits per heavy atom. The minimum Gasteiger partial charge on any atom is -0.495 e. The van der Waals surface area contributed by atoms with Crippen LogP contribution in [0.4, 0.5) is 5.69 Å². The third-order valence-corrected chi connectivity index (χ3v) is 4.48. The van der Waals surface area contributed by atoms with Crippen LogP contribution in [0.15, 0.2) is 21.1 Å². The van der Waals surface area contributed by atoms with E-state index in [0.29, 0.717) is 6.04 Å². The van der Waals surface area contributed by atoms with Crippen LogP contribution in [0.25, 0.3) is 0 Å². The van der Waals surface area contributed by atoms with Crippen LogP contribution >= 0.6 is 31.9 Å². The maximum absolute atomic E-state index is 5.32. The van der Waals surface area contributed by atoms with Crippen molar-refractivity contribution in [2.45, 2.75) is 38.1 Å². The van der Waals surface area contributed by atoms with Gasteiger partial charge in [0.1, 0.15) is 5.75 Å². The van der Waals surface area contributed by atoms with Gasteiger partial charge in [0.2, 0.25) is 0 Å². The Labute approximate surface area is 119 Å². The number of ether oxygens (including phenoxy) is 1. The van der Waals surface area contributed by atoms with Gasteiger partial charge in [-0.1, -0.05) is 19.3 Å². The van der Waals surface area contributed by atoms with Gasteiger partial charge in [-0.2, -0.15) is 0 Å². The lowest BCUT2D eigenvalue weighted by Gasteiger charge is -2.24. The molecule has 0 amide bonds. The summed E-state index contributed by atoms with van der Waals surface area (Å²) >= 11 is 7.07. The lowest BCUT2D eigenvalue weighted by Crippen LogP contribution is -2.22. The predicted octanol–water partition coefficient (Wildman–Crippen LogP) is 4.96. The van der Waals surface area contributed by atoms with Crippen molar-refractivity contribution in [2.75, 3.05) is 12.4 Å². The lowest BCUT2D eigenvalue weighted by atomic mass is 9.95. The quantitative estimate of drug-likeness (QED) is 0.819. The van der Waals surface area contributed by atoms with Crippen molar-refractivity contribution in [1.29, 1.82) is 0 Å². The number of hydrogen-bond acceptors (Lipinski definition) is 2. The van der Waals surface area contributed by atoms with E-state index < -0.39 is 0 Å². The molecule has 0 atom stereocenters. The van der Waals surface area contributed by atoms with Crippen molar-refractivity contribution >= 4 is 37.5 Å². The van der Waals surface area contributed by atoms with Crippen molar-refractivity contribution in [2.24, 2.45) is 0 Å². The number of nitrogens with one attached hydrogen (secondary N) is 1. The van der Waals surface area contributed by atoms with Gasteiger partial charge >= 0.3 is 0 Å². The highest BCUT2D eigenvalue weighted by atomic mass is 79.9. The van der Waals surface area contributed by atoms with E-state index in [1.807, 2.05) is 12.1 Å². The van der Waals surface area contributed by atoms with Crippen LogP contribution in [-0.4, -0.2) is 13.2 Å². The summed E-state index contributed by atoms with van der Waals surface area (Å²) in [7, 11) is 1.69. The van der Waals surface area contributed by atoms with Gasteiger partial charge in [0, 0.05) is 16.6 Å². The molecule has 1 aliphatic carbocycles. The molecule has 17 heavy (non-hydrogen) atoms. The maximum Gasteiger partial charge on any atom is 0.135 e. The van der Waals surface area contributed by atoms with Crippen molar-refractivity contribution < 1.29 is 4.74 Å². The molecule has 94 valence electrons. The molecule has 1 saturated carbocycles. The number of rotatable bonds is 3. The van der Waals surface area contributed by atoms with Crippen LogP contribution < -0.4 is 10.1 Å². The fourth-order valence-electron chi connectivity index (χ4n) is 2.26. The smallest absolute Gasteiger partial charge is 0.135 e. The molecule has 0 unspecified atom stereocenters. The average molecular weight is 363 g/mol. The summed E-state index contributed by atoms with van der Waals surface area (Å²) in [5.41, 5.74) is 1.12. The Morgan fingerprint density at radius 3 is 2.47 bits per heavy atom. The second-order valence-electron chi connectivity index (χ2n) is 4.45. The fourth-order valence-corrected chi connectivity index (χ4v) is 3.53. The molecule has 0 spiro atoms. The first-order valence-electron chi connectivity index (χ1n) is 6.00. The Morgan fingerprint density at radius 1 is 1.12 bits per heavy atom. The summed E-state index contributed by atoms with van der Waals surface area (Å²) < 4.78 is 7.37. The molecule has 1 fully saturated rings. The molecular formula is C13H17Br2NO. The highest BCUT2D eigenvalue weighted by Gasteiger charge is 2.15. The standard InChI is InChI=1S/C13H17Br2NO/c1-17-13-8-12(10(14)7-11(13)15)16-9-5-3-2-4-6-9/h7-9,16H,2-6H2,1H3. The largest absolute Gasteiger partial charge is 0.495 e. The van der Waals surface area contributed by atoms with Crippen LogP contribution in [0.2, 0.25) is 0 Å². The molecule has 2 rings (SSSR count). The van der Waals surface area contributed by atoms with Gasteiger partial charge in [0.15, 0.2) is 0 Å². The zero-order chi connectivity index (χ0) is 12.3. The van der Waals surface area contributed by atoms with E-state index in [1.54, 1.807) is 7.11 Å². The third kappa shape index (κ3) is 3.38. The fraction of sp³-hybridized carbons (Fsp3) is 0.538. The molecule has 4 heteroatoms. The van der Waals surface area contributed by atoms with Crippen molar-refractivity contribution in [3.05, 3.63) is 21.1 Å². The van der Waals surface area contributed by atoms with Gasteiger partial charge in [-0.3, -0.25) is 0 Å². The molecule has 0 aliphatic heterocycles. The van der Waals surface area contributed by atoms with Crippen molar-refractivity contribution in [1.82, 2.24) is 0 Å². The van der Waals surface area contributed by atoms with E-state index in [1.165, 1.54) is 32.1 Å². The molecular weight excluding hydrogens is 346 g/mol. The van der Waals surface area contributed by atoms with Gasteiger partial charge in [0.05, 0.1) is 17.3 Å². The van der Waals surface area contributed by atoms with Crippen LogP contribution in [0.5, 0.6) is 5.75 Å². The summed E-state index contributed by atoms with van der Waals surface area (Å²) in [5.74, 6) is 0.867. The van der Waals surface area contributed by atoms with Crippen LogP contribution in [0.1, 0.15) is 32.1 Å². The number of hydrogen-bond donors (Lipinski definition) is 1. The minimum atomic E-state index is 0.603. The Bertz CT molecular complexity index is 389. The van der Waals surface area contributed by atoms with Gasteiger partial charge in [-0.05, 0) is 50.8 Å². The molecule has 2 nitrogen and oxygen atoms in total. The molecule has 1 aromatic rings. The highest BCUT2D eigenvalue weighted by molar-refractivity contribution is 9.11. The van der Waals surface area contributed by atoms with Crippen LogP contribution in [-0.2, 0) is 0 Å². The van der Waals surface area contributed by atoms with Crippen LogP contribution in [0.3, 0.4) is 0 Å². The number of methoxy groups -OCH3 is 1. The zero-order valence-electron chi connectivity index (χ0n) is 9.93. The molecule has 0 saturated heterocycles. The lowest BCUT2D eigenvalue weighted by molar-refractivity contribution is 0.412. The first-order chi connectivity index (χ1) is 8.20. The molecule has 0 heterocycles. The second-order valence-corrected chi connectivity index (χ2v) is 6.15. The number of benzene rings is 1. The predicted molar refractivity (Wildman–Crippen MR) is 78.9 cm³/mol. The molecule has 1 aromatic carbocycles. The molecule has 1 N–H and O–H groups in total. The summed E-state index contributed by atoms with van der Waals surface area (Å²) in [6, 6.07) is 4.68. The summed E-state index contributed by atoms with van der Waals surface area (Å²) in [5, 5.41) is 3.60. The van der Waals surface area contributed by atoms with Gasteiger partial charge in [0.25, 0.3) is 0 Å². The summed E-state index contributed by atoms with van der Waals surface area (Å²) in [6.45, 7) is 0. The number of anilines is 1. The van der Waals surface area contributed by atoms with E-state index in [2.05, 4.69) is 37.2 Å². The second kappa shape index (κ2) is 6.10. The zero-order valence-corrected chi connectivity index (χ0v) is 13.1. The van der Waals surface area contributed by atoms with Gasteiger partial charge in [-0.15, -0.1) is 0 Å². The van der Waals surface area contributed by atoms with Gasteiger partial charge < -0.3 is 10.1 Å². The Kier molecular flexibility index (Phi) is 4.74. The monoisotopic (exact) mass is 361 g/mol. The Balaban J connectivity index is 2.13. The van der Waals surface area contributed by atoms with Gasteiger partial charge in [-0.25, -0.2) is 0 Å². The van der Waals surface area contributed by atoms with E-state index in [-0.39, 0.29) is 0 Å². The first kappa shape index (κ1) is 13.2. The van der Waals surface area contributed by atoms with Crippen molar-refractivity contribution in [3.8, 4) is 5.75 Å². The molecule has 0 radical (unpaired) electrons. The normalized spacial score (nSPS) is 16.9. The topological polar surface area (TPSA) is 21.3 Å². The van der Waals surface area contributed by atoms with Crippen molar-refractivity contribution in [3.63, 3.8) is 0 Å². The van der Waals surface area contributed by atoms with E-state index in [4.69, 9.17) is 4.74 Å². The SMILES string of the molecule is COc1cc(NC2CCCCC2)c(Br)cc1Br. The summed E-state index contributed by atoms with van der Waals surface area (Å²) in [6.07, 6.45) is 6.59. The Hall–Kier alpha value is -0.220. The van der Waals surface area contributed by atoms with E-state index in [9.17, 15) is 0 Å². The first-order valence-corrected chi connectivity index (χ1v) is 7.59. The maximum atomic E-state index is 5.32. The summed E-state index contributed by atoms with van der Waals surface area (Å²) in [4.78, 5) is 0. The molecule has 0 bridgehead atoms. The molecule has 1 aliphatic rings. The van der Waals surface area contributed by atoms with Crippen LogP contribution in [0, 0.1) is 0 Å². The minimum absolute atomic E-state index is 0.603. The third-order valence-electron chi connectivity index (χ3n) is 3.21. The van der Waals surface area contributed by atoms with E-state index >= 15 is 0 Å². The molecule has 0 aromatic heterocycles. The highest BCUT2D eigenvalue weighted by Crippen LogP contribution is 2.35. The van der Waals surface area contributed by atoms with E-state index in [0.717, 1.165) is 20.4 Å².